The summed E-state index contributed by atoms with van der Waals surface area (Å²) in [7, 11) is 1.38. The van der Waals surface area contributed by atoms with Gasteiger partial charge >= 0.3 is 0 Å². The Bertz CT molecular complexity index is 941. The highest BCUT2D eigenvalue weighted by Crippen LogP contribution is 2.35. The number of benzene rings is 2. The van der Waals surface area contributed by atoms with Crippen LogP contribution in [0.2, 0.25) is 0 Å². The van der Waals surface area contributed by atoms with E-state index in [1.165, 1.54) is 25.3 Å². The fourth-order valence-corrected chi connectivity index (χ4v) is 3.04. The summed E-state index contributed by atoms with van der Waals surface area (Å²) in [6.45, 7) is 3.83. The van der Waals surface area contributed by atoms with E-state index in [-0.39, 0.29) is 23.5 Å². The number of imide groups is 1. The minimum Gasteiger partial charge on any atom is -0.496 e. The number of hydrogen-bond donors (Lipinski definition) is 1. The van der Waals surface area contributed by atoms with Gasteiger partial charge in [-0.05, 0) is 43.2 Å². The Morgan fingerprint density at radius 3 is 2.59 bits per heavy atom. The van der Waals surface area contributed by atoms with Crippen molar-refractivity contribution in [1.29, 1.82) is 0 Å². The third kappa shape index (κ3) is 3.46. The van der Waals surface area contributed by atoms with E-state index < -0.39 is 22.8 Å². The van der Waals surface area contributed by atoms with E-state index in [9.17, 15) is 19.7 Å². The number of nitro groups is 1. The summed E-state index contributed by atoms with van der Waals surface area (Å²) in [4.78, 5) is 37.0. The molecule has 0 aromatic heterocycles. The minimum atomic E-state index is -0.778. The van der Waals surface area contributed by atoms with Crippen LogP contribution >= 0.6 is 0 Å². The van der Waals surface area contributed by atoms with Crippen molar-refractivity contribution in [2.24, 2.45) is 0 Å². The molecule has 0 bridgehead atoms. The molecule has 2 aromatic rings. The highest BCUT2D eigenvalue weighted by Gasteiger charge is 2.42. The number of aryl methyl sites for hydroxylation is 2. The molecular formula is C19H19N3O5. The van der Waals surface area contributed by atoms with Crippen LogP contribution in [0, 0.1) is 24.0 Å². The van der Waals surface area contributed by atoms with Crippen LogP contribution in [0.3, 0.4) is 0 Å². The van der Waals surface area contributed by atoms with Crippen molar-refractivity contribution in [2.45, 2.75) is 26.3 Å². The molecule has 1 aliphatic heterocycles. The average Bonchev–Trinajstić information content (AvgIpc) is 2.91. The van der Waals surface area contributed by atoms with Gasteiger partial charge in [0.1, 0.15) is 17.5 Å². The van der Waals surface area contributed by atoms with Crippen LogP contribution in [0.5, 0.6) is 5.75 Å². The third-order valence-corrected chi connectivity index (χ3v) is 4.49. The van der Waals surface area contributed by atoms with Crippen molar-refractivity contribution in [1.82, 2.24) is 0 Å². The molecule has 1 atom stereocenters. The molecule has 0 aliphatic carbocycles. The number of rotatable bonds is 5. The van der Waals surface area contributed by atoms with Gasteiger partial charge in [0.25, 0.3) is 11.6 Å². The quantitative estimate of drug-likeness (QED) is 0.494. The standard InChI is InChI=1S/C19H19N3O5/c1-11-4-5-12(2)14(8-11)20-15-10-18(23)21(19(15)24)16-7-6-13(27-3)9-17(16)22(25)26/h4-9,15,20H,10H2,1-3H3. The van der Waals surface area contributed by atoms with E-state index in [1.807, 2.05) is 32.0 Å². The first kappa shape index (κ1) is 18.4. The van der Waals surface area contributed by atoms with Crippen LogP contribution in [-0.2, 0) is 9.59 Å². The predicted octanol–water partition coefficient (Wildman–Crippen LogP) is 2.96. The van der Waals surface area contributed by atoms with Gasteiger partial charge in [-0.25, -0.2) is 4.90 Å². The van der Waals surface area contributed by atoms with E-state index in [0.29, 0.717) is 0 Å². The molecule has 1 N–H and O–H groups in total. The molecule has 1 unspecified atom stereocenters. The van der Waals surface area contributed by atoms with Crippen molar-refractivity contribution in [2.75, 3.05) is 17.3 Å². The normalized spacial score (nSPS) is 16.6. The van der Waals surface area contributed by atoms with Gasteiger partial charge in [0.15, 0.2) is 0 Å². The summed E-state index contributed by atoms with van der Waals surface area (Å²) < 4.78 is 5.00. The van der Waals surface area contributed by atoms with Gasteiger partial charge in [-0.2, -0.15) is 0 Å². The summed E-state index contributed by atoms with van der Waals surface area (Å²) in [5, 5.41) is 14.5. The maximum Gasteiger partial charge on any atom is 0.297 e. The zero-order chi connectivity index (χ0) is 19.7. The zero-order valence-electron chi connectivity index (χ0n) is 15.2. The summed E-state index contributed by atoms with van der Waals surface area (Å²) in [5.41, 5.74) is 2.30. The summed E-state index contributed by atoms with van der Waals surface area (Å²) in [5.74, 6) is -0.736. The lowest BCUT2D eigenvalue weighted by atomic mass is 10.1. The van der Waals surface area contributed by atoms with Crippen LogP contribution < -0.4 is 15.0 Å². The number of carbonyl (C=O) groups excluding carboxylic acids is 2. The largest absolute Gasteiger partial charge is 0.496 e. The van der Waals surface area contributed by atoms with E-state index in [0.717, 1.165) is 21.7 Å². The molecule has 2 amide bonds. The predicted molar refractivity (Wildman–Crippen MR) is 100 cm³/mol. The number of amides is 2. The van der Waals surface area contributed by atoms with Gasteiger partial charge in [0.2, 0.25) is 5.91 Å². The number of carbonyl (C=O) groups is 2. The molecule has 140 valence electrons. The Morgan fingerprint density at radius 1 is 1.19 bits per heavy atom. The van der Waals surface area contributed by atoms with Gasteiger partial charge in [0.05, 0.1) is 24.5 Å². The lowest BCUT2D eigenvalue weighted by Gasteiger charge is -2.17. The van der Waals surface area contributed by atoms with Crippen molar-refractivity contribution in [3.63, 3.8) is 0 Å². The molecule has 0 spiro atoms. The number of methoxy groups -OCH3 is 1. The van der Waals surface area contributed by atoms with Crippen molar-refractivity contribution < 1.29 is 19.2 Å². The van der Waals surface area contributed by atoms with Gasteiger partial charge in [-0.3, -0.25) is 19.7 Å². The number of ether oxygens (including phenoxy) is 1. The molecule has 0 radical (unpaired) electrons. The molecular weight excluding hydrogens is 350 g/mol. The Balaban J connectivity index is 1.93. The Labute approximate surface area is 155 Å². The first-order valence-corrected chi connectivity index (χ1v) is 8.35. The van der Waals surface area contributed by atoms with Crippen LogP contribution in [0.1, 0.15) is 17.5 Å². The fraction of sp³-hybridized carbons (Fsp3) is 0.263. The summed E-state index contributed by atoms with van der Waals surface area (Å²) in [6, 6.07) is 9.02. The number of nitrogens with one attached hydrogen (secondary N) is 1. The van der Waals surface area contributed by atoms with Crippen LogP contribution in [-0.4, -0.2) is 29.9 Å². The Hall–Kier alpha value is -3.42. The third-order valence-electron chi connectivity index (χ3n) is 4.49. The SMILES string of the molecule is COc1ccc(N2C(=O)CC(Nc3cc(C)ccc3C)C2=O)c([N+](=O)[O-])c1. The zero-order valence-corrected chi connectivity index (χ0v) is 15.2. The average molecular weight is 369 g/mol. The number of hydrogen-bond acceptors (Lipinski definition) is 6. The molecule has 3 rings (SSSR count). The maximum atomic E-state index is 12.8. The number of nitro benzene ring substituents is 1. The topological polar surface area (TPSA) is 102 Å². The minimum absolute atomic E-state index is 0.0546. The fourth-order valence-electron chi connectivity index (χ4n) is 3.04. The summed E-state index contributed by atoms with van der Waals surface area (Å²) in [6.07, 6.45) is -0.0740. The number of anilines is 2. The van der Waals surface area contributed by atoms with Crippen LogP contribution in [0.25, 0.3) is 0 Å². The Kier molecular flexibility index (Phi) is 4.81. The van der Waals surface area contributed by atoms with E-state index in [1.54, 1.807) is 0 Å². The molecule has 2 aromatic carbocycles. The molecule has 1 fully saturated rings. The van der Waals surface area contributed by atoms with Crippen molar-refractivity contribution in [3.05, 3.63) is 57.6 Å². The first-order chi connectivity index (χ1) is 12.8. The Morgan fingerprint density at radius 2 is 1.93 bits per heavy atom. The molecule has 1 saturated heterocycles. The second-order valence-corrected chi connectivity index (χ2v) is 6.40. The molecule has 27 heavy (non-hydrogen) atoms. The van der Waals surface area contributed by atoms with Gasteiger partial charge in [-0.1, -0.05) is 12.1 Å². The van der Waals surface area contributed by atoms with Crippen molar-refractivity contribution >= 4 is 28.9 Å². The van der Waals surface area contributed by atoms with Crippen molar-refractivity contribution in [3.8, 4) is 5.75 Å². The second-order valence-electron chi connectivity index (χ2n) is 6.40. The first-order valence-electron chi connectivity index (χ1n) is 8.35. The van der Waals surface area contributed by atoms with Crippen LogP contribution in [0.4, 0.5) is 17.1 Å². The lowest BCUT2D eigenvalue weighted by molar-refractivity contribution is -0.384. The van der Waals surface area contributed by atoms with Gasteiger partial charge in [0, 0.05) is 5.69 Å². The molecule has 8 nitrogen and oxygen atoms in total. The molecule has 1 heterocycles. The van der Waals surface area contributed by atoms with Crippen LogP contribution in [0.15, 0.2) is 36.4 Å². The smallest absolute Gasteiger partial charge is 0.297 e. The molecule has 8 heteroatoms. The van der Waals surface area contributed by atoms with Gasteiger partial charge < -0.3 is 10.1 Å². The van der Waals surface area contributed by atoms with E-state index >= 15 is 0 Å². The van der Waals surface area contributed by atoms with E-state index in [2.05, 4.69) is 5.32 Å². The molecule has 0 saturated carbocycles. The highest BCUT2D eigenvalue weighted by atomic mass is 16.6. The van der Waals surface area contributed by atoms with Gasteiger partial charge in [-0.15, -0.1) is 0 Å². The maximum absolute atomic E-state index is 12.8. The molecule has 1 aliphatic rings. The van der Waals surface area contributed by atoms with E-state index in [4.69, 9.17) is 4.74 Å². The summed E-state index contributed by atoms with van der Waals surface area (Å²) >= 11 is 0. The highest BCUT2D eigenvalue weighted by molar-refractivity contribution is 6.24. The lowest BCUT2D eigenvalue weighted by Crippen LogP contribution is -2.35. The second kappa shape index (κ2) is 7.06. The monoisotopic (exact) mass is 369 g/mol. The number of nitrogens with zero attached hydrogens (tertiary/aromatic N) is 2.